The molecule has 0 radical (unpaired) electrons. The highest BCUT2D eigenvalue weighted by molar-refractivity contribution is 7.89. The second-order valence-corrected chi connectivity index (χ2v) is 6.79. The van der Waals surface area contributed by atoms with Gasteiger partial charge in [0.15, 0.2) is 0 Å². The van der Waals surface area contributed by atoms with Crippen LogP contribution in [-0.4, -0.2) is 50.8 Å². The molecule has 0 aliphatic carbocycles. The standard InChI is InChI=1S/C14H21N3O2S/c1-5-17(12(2)11-16(3)4)20(18,19)14-9-7-6-8-13(14)10-15/h6-9,12H,5,11H2,1-4H3. The summed E-state index contributed by atoms with van der Waals surface area (Å²) in [6, 6.07) is 8.09. The van der Waals surface area contributed by atoms with Crippen LogP contribution in [0.1, 0.15) is 19.4 Å². The highest BCUT2D eigenvalue weighted by atomic mass is 32.2. The van der Waals surface area contributed by atoms with Gasteiger partial charge in [0, 0.05) is 19.1 Å². The van der Waals surface area contributed by atoms with E-state index in [1.165, 1.54) is 16.4 Å². The van der Waals surface area contributed by atoms with E-state index in [0.29, 0.717) is 13.1 Å². The summed E-state index contributed by atoms with van der Waals surface area (Å²) in [5, 5.41) is 9.08. The van der Waals surface area contributed by atoms with Crippen molar-refractivity contribution in [3.05, 3.63) is 29.8 Å². The van der Waals surface area contributed by atoms with Crippen LogP contribution in [0.15, 0.2) is 29.2 Å². The van der Waals surface area contributed by atoms with Gasteiger partial charge in [0.1, 0.15) is 6.07 Å². The summed E-state index contributed by atoms with van der Waals surface area (Å²) >= 11 is 0. The SMILES string of the molecule is CCN(C(C)CN(C)C)S(=O)(=O)c1ccccc1C#N. The molecule has 0 heterocycles. The molecule has 5 nitrogen and oxygen atoms in total. The molecule has 0 saturated carbocycles. The molecule has 20 heavy (non-hydrogen) atoms. The first-order chi connectivity index (χ1) is 9.34. The molecule has 1 rings (SSSR count). The average Bonchev–Trinajstić information content (AvgIpc) is 2.38. The quantitative estimate of drug-likeness (QED) is 0.798. The molecule has 0 N–H and O–H groups in total. The fourth-order valence-electron chi connectivity index (χ4n) is 2.25. The van der Waals surface area contributed by atoms with E-state index >= 15 is 0 Å². The van der Waals surface area contributed by atoms with Crippen LogP contribution in [0.3, 0.4) is 0 Å². The second-order valence-electron chi connectivity index (χ2n) is 4.93. The maximum atomic E-state index is 12.7. The monoisotopic (exact) mass is 295 g/mol. The molecule has 0 fully saturated rings. The zero-order chi connectivity index (χ0) is 15.3. The topological polar surface area (TPSA) is 64.4 Å². The van der Waals surface area contributed by atoms with Crippen LogP contribution in [-0.2, 0) is 10.0 Å². The Morgan fingerprint density at radius 1 is 1.30 bits per heavy atom. The maximum absolute atomic E-state index is 12.7. The van der Waals surface area contributed by atoms with Gasteiger partial charge in [0.2, 0.25) is 10.0 Å². The number of nitriles is 1. The minimum atomic E-state index is -3.65. The predicted molar refractivity (Wildman–Crippen MR) is 78.7 cm³/mol. The summed E-state index contributed by atoms with van der Waals surface area (Å²) in [6.07, 6.45) is 0. The van der Waals surface area contributed by atoms with Gasteiger partial charge in [-0.3, -0.25) is 0 Å². The summed E-state index contributed by atoms with van der Waals surface area (Å²) in [7, 11) is 0.151. The number of rotatable bonds is 6. The van der Waals surface area contributed by atoms with Gasteiger partial charge in [-0.2, -0.15) is 9.57 Å². The van der Waals surface area contributed by atoms with Gasteiger partial charge in [-0.25, -0.2) is 8.42 Å². The lowest BCUT2D eigenvalue weighted by molar-refractivity contribution is 0.271. The lowest BCUT2D eigenvalue weighted by atomic mass is 10.2. The third kappa shape index (κ3) is 3.57. The van der Waals surface area contributed by atoms with Gasteiger partial charge in [0.25, 0.3) is 0 Å². The highest BCUT2D eigenvalue weighted by Gasteiger charge is 2.29. The summed E-state index contributed by atoms with van der Waals surface area (Å²) in [5.41, 5.74) is 0.183. The van der Waals surface area contributed by atoms with E-state index in [4.69, 9.17) is 5.26 Å². The Bertz CT molecular complexity index is 591. The van der Waals surface area contributed by atoms with Gasteiger partial charge in [-0.05, 0) is 33.2 Å². The number of benzene rings is 1. The molecule has 0 spiro atoms. The van der Waals surface area contributed by atoms with Crippen molar-refractivity contribution in [1.29, 1.82) is 5.26 Å². The normalized spacial score (nSPS) is 13.4. The minimum Gasteiger partial charge on any atom is -0.308 e. The van der Waals surface area contributed by atoms with Crippen LogP contribution >= 0.6 is 0 Å². The zero-order valence-electron chi connectivity index (χ0n) is 12.4. The van der Waals surface area contributed by atoms with E-state index < -0.39 is 10.0 Å². The molecule has 1 aromatic rings. The molecule has 1 aromatic carbocycles. The fraction of sp³-hybridized carbons (Fsp3) is 0.500. The van der Waals surface area contributed by atoms with Crippen LogP contribution in [0.5, 0.6) is 0 Å². The van der Waals surface area contributed by atoms with Crippen molar-refractivity contribution < 1.29 is 8.42 Å². The Hall–Kier alpha value is -1.42. The summed E-state index contributed by atoms with van der Waals surface area (Å²) in [6.45, 7) is 4.67. The van der Waals surface area contributed by atoms with Gasteiger partial charge in [-0.15, -0.1) is 0 Å². The van der Waals surface area contributed by atoms with Crippen molar-refractivity contribution in [3.8, 4) is 6.07 Å². The van der Waals surface area contributed by atoms with E-state index in [1.54, 1.807) is 19.1 Å². The number of hydrogen-bond donors (Lipinski definition) is 0. The van der Waals surface area contributed by atoms with Gasteiger partial charge in [0.05, 0.1) is 10.5 Å². The molecule has 110 valence electrons. The first-order valence-electron chi connectivity index (χ1n) is 6.50. The van der Waals surface area contributed by atoms with Crippen LogP contribution < -0.4 is 0 Å². The highest BCUT2D eigenvalue weighted by Crippen LogP contribution is 2.21. The van der Waals surface area contributed by atoms with E-state index in [0.717, 1.165) is 0 Å². The Kier molecular flexibility index (Phi) is 5.69. The van der Waals surface area contributed by atoms with Crippen molar-refractivity contribution in [2.24, 2.45) is 0 Å². The molecule has 0 bridgehead atoms. The zero-order valence-corrected chi connectivity index (χ0v) is 13.2. The lowest BCUT2D eigenvalue weighted by Crippen LogP contribution is -2.43. The van der Waals surface area contributed by atoms with Gasteiger partial charge < -0.3 is 4.90 Å². The van der Waals surface area contributed by atoms with Crippen LogP contribution in [0.2, 0.25) is 0 Å². The molecule has 1 unspecified atom stereocenters. The van der Waals surface area contributed by atoms with E-state index in [9.17, 15) is 8.42 Å². The number of nitrogens with zero attached hydrogens (tertiary/aromatic N) is 3. The molecule has 0 amide bonds. The first-order valence-corrected chi connectivity index (χ1v) is 7.94. The number of sulfonamides is 1. The largest absolute Gasteiger partial charge is 0.308 e. The van der Waals surface area contributed by atoms with Crippen molar-refractivity contribution in [2.45, 2.75) is 24.8 Å². The maximum Gasteiger partial charge on any atom is 0.244 e. The Labute approximate surface area is 121 Å². The first kappa shape index (κ1) is 16.6. The van der Waals surface area contributed by atoms with E-state index in [-0.39, 0.29) is 16.5 Å². The number of hydrogen-bond acceptors (Lipinski definition) is 4. The fourth-order valence-corrected chi connectivity index (χ4v) is 4.02. The van der Waals surface area contributed by atoms with E-state index in [2.05, 4.69) is 0 Å². The summed E-state index contributed by atoms with van der Waals surface area (Å²) < 4.78 is 26.9. The Morgan fingerprint density at radius 3 is 2.40 bits per heavy atom. The summed E-state index contributed by atoms with van der Waals surface area (Å²) in [5.74, 6) is 0. The molecule has 0 saturated heterocycles. The molecule has 6 heteroatoms. The Morgan fingerprint density at radius 2 is 1.90 bits per heavy atom. The summed E-state index contributed by atoms with van der Waals surface area (Å²) in [4.78, 5) is 2.02. The molecular weight excluding hydrogens is 274 g/mol. The molecule has 0 aromatic heterocycles. The minimum absolute atomic E-state index is 0.0787. The molecule has 1 atom stereocenters. The second kappa shape index (κ2) is 6.84. The molecular formula is C14H21N3O2S. The predicted octanol–water partition coefficient (Wildman–Crippen LogP) is 1.52. The average molecular weight is 295 g/mol. The smallest absolute Gasteiger partial charge is 0.244 e. The van der Waals surface area contributed by atoms with Crippen molar-refractivity contribution in [2.75, 3.05) is 27.2 Å². The van der Waals surface area contributed by atoms with Gasteiger partial charge in [-0.1, -0.05) is 19.1 Å². The third-order valence-corrected chi connectivity index (χ3v) is 5.17. The van der Waals surface area contributed by atoms with Crippen LogP contribution in [0.4, 0.5) is 0 Å². The molecule has 0 aliphatic heterocycles. The van der Waals surface area contributed by atoms with Crippen LogP contribution in [0, 0.1) is 11.3 Å². The van der Waals surface area contributed by atoms with Gasteiger partial charge >= 0.3 is 0 Å². The number of likely N-dealkylation sites (N-methyl/N-ethyl adjacent to an activating group) is 2. The lowest BCUT2D eigenvalue weighted by Gasteiger charge is -2.29. The molecule has 0 aliphatic rings. The van der Waals surface area contributed by atoms with E-state index in [1.807, 2.05) is 32.0 Å². The van der Waals surface area contributed by atoms with Crippen LogP contribution in [0.25, 0.3) is 0 Å². The van der Waals surface area contributed by atoms with Crippen molar-refractivity contribution in [1.82, 2.24) is 9.21 Å². The third-order valence-electron chi connectivity index (χ3n) is 3.03. The van der Waals surface area contributed by atoms with Crippen molar-refractivity contribution >= 4 is 10.0 Å². The van der Waals surface area contributed by atoms with Crippen molar-refractivity contribution in [3.63, 3.8) is 0 Å². The Balaban J connectivity index is 3.23.